The van der Waals surface area contributed by atoms with Gasteiger partial charge in [0.25, 0.3) is 5.91 Å². The molecule has 3 rings (SSSR count). The zero-order valence-corrected chi connectivity index (χ0v) is 16.7. The van der Waals surface area contributed by atoms with Gasteiger partial charge in [-0.1, -0.05) is 23.7 Å². The number of aryl methyl sites for hydroxylation is 1. The van der Waals surface area contributed by atoms with E-state index in [0.717, 1.165) is 11.3 Å². The van der Waals surface area contributed by atoms with Crippen molar-refractivity contribution in [3.8, 4) is 11.5 Å². The number of anilines is 1. The Balaban J connectivity index is 1.59. The lowest BCUT2D eigenvalue weighted by molar-refractivity contribution is -0.128. The molecule has 7 heteroatoms. The molecule has 1 aliphatic heterocycles. The van der Waals surface area contributed by atoms with Crippen molar-refractivity contribution in [1.82, 2.24) is 5.32 Å². The number of ether oxygens (including phenoxy) is 2. The first-order valence-corrected chi connectivity index (χ1v) is 9.54. The van der Waals surface area contributed by atoms with Crippen LogP contribution in [0.15, 0.2) is 42.5 Å². The number of rotatable bonds is 6. The van der Waals surface area contributed by atoms with E-state index in [9.17, 15) is 9.59 Å². The molecule has 0 fully saturated rings. The minimum Gasteiger partial charge on any atom is -0.494 e. The fourth-order valence-electron chi connectivity index (χ4n) is 3.02. The number of carbonyl (C=O) groups is 2. The van der Waals surface area contributed by atoms with Crippen molar-refractivity contribution in [2.24, 2.45) is 0 Å². The third-order valence-electron chi connectivity index (χ3n) is 4.55. The number of benzene rings is 2. The number of nitrogens with one attached hydrogen (secondary N) is 1. The summed E-state index contributed by atoms with van der Waals surface area (Å²) >= 11 is 6.01. The van der Waals surface area contributed by atoms with Gasteiger partial charge in [0.1, 0.15) is 11.5 Å². The highest BCUT2D eigenvalue weighted by Gasteiger charge is 2.32. The molecule has 0 aliphatic carbocycles. The van der Waals surface area contributed by atoms with Gasteiger partial charge >= 0.3 is 0 Å². The average molecular weight is 403 g/mol. The Morgan fingerprint density at radius 2 is 2.07 bits per heavy atom. The van der Waals surface area contributed by atoms with Gasteiger partial charge in [-0.15, -0.1) is 0 Å². The van der Waals surface area contributed by atoms with Crippen LogP contribution in [0.5, 0.6) is 11.5 Å². The minimum absolute atomic E-state index is 0.0689. The first-order valence-electron chi connectivity index (χ1n) is 9.16. The fourth-order valence-corrected chi connectivity index (χ4v) is 3.14. The SMILES string of the molecule is CNC(=O)C1CN(C(=O)CCCOc2ccc(Cl)c(C)c2)c2ccccc2O1. The Kier molecular flexibility index (Phi) is 6.41. The van der Waals surface area contributed by atoms with E-state index in [2.05, 4.69) is 5.32 Å². The number of fused-ring (bicyclic) bond motifs is 1. The molecule has 1 heterocycles. The van der Waals surface area contributed by atoms with Crippen molar-refractivity contribution < 1.29 is 19.1 Å². The molecule has 148 valence electrons. The van der Waals surface area contributed by atoms with Gasteiger partial charge in [0.2, 0.25) is 5.91 Å². The van der Waals surface area contributed by atoms with Gasteiger partial charge in [-0.05, 0) is 49.2 Å². The number of nitrogens with zero attached hydrogens (tertiary/aromatic N) is 1. The largest absolute Gasteiger partial charge is 0.494 e. The highest BCUT2D eigenvalue weighted by atomic mass is 35.5. The van der Waals surface area contributed by atoms with Crippen molar-refractivity contribution in [3.05, 3.63) is 53.1 Å². The number of halogens is 1. The van der Waals surface area contributed by atoms with Gasteiger partial charge in [0.15, 0.2) is 6.10 Å². The number of hydrogen-bond acceptors (Lipinski definition) is 4. The molecule has 1 unspecified atom stereocenters. The normalized spacial score (nSPS) is 15.4. The van der Waals surface area contributed by atoms with Crippen molar-refractivity contribution in [2.45, 2.75) is 25.9 Å². The van der Waals surface area contributed by atoms with E-state index in [0.29, 0.717) is 35.9 Å². The van der Waals surface area contributed by atoms with Gasteiger partial charge in [-0.3, -0.25) is 9.59 Å². The summed E-state index contributed by atoms with van der Waals surface area (Å²) in [5.41, 5.74) is 1.63. The quantitative estimate of drug-likeness (QED) is 0.752. The van der Waals surface area contributed by atoms with Crippen LogP contribution in [-0.2, 0) is 9.59 Å². The Hall–Kier alpha value is -2.73. The monoisotopic (exact) mass is 402 g/mol. The first-order chi connectivity index (χ1) is 13.5. The van der Waals surface area contributed by atoms with Gasteiger partial charge in [-0.2, -0.15) is 0 Å². The summed E-state index contributed by atoms with van der Waals surface area (Å²) < 4.78 is 11.4. The Morgan fingerprint density at radius 1 is 1.29 bits per heavy atom. The second-order valence-electron chi connectivity index (χ2n) is 6.56. The average Bonchev–Trinajstić information content (AvgIpc) is 2.72. The molecule has 2 amide bonds. The number of carbonyl (C=O) groups excluding carboxylic acids is 2. The number of para-hydroxylation sites is 2. The van der Waals surface area contributed by atoms with Crippen LogP contribution in [0.3, 0.4) is 0 Å². The predicted molar refractivity (Wildman–Crippen MR) is 108 cm³/mol. The molecule has 0 aromatic heterocycles. The molecule has 28 heavy (non-hydrogen) atoms. The van der Waals surface area contributed by atoms with Crippen LogP contribution < -0.4 is 19.7 Å². The standard InChI is InChI=1S/C21H23ClN2O4/c1-14-12-15(9-10-16(14)22)27-11-5-8-20(25)24-13-19(21(26)23-2)28-18-7-4-3-6-17(18)24/h3-4,6-7,9-10,12,19H,5,8,11,13H2,1-2H3,(H,23,26). The van der Waals surface area contributed by atoms with Crippen LogP contribution in [0, 0.1) is 6.92 Å². The molecule has 1 atom stereocenters. The predicted octanol–water partition coefficient (Wildman–Crippen LogP) is 3.35. The van der Waals surface area contributed by atoms with Crippen LogP contribution in [0.2, 0.25) is 5.02 Å². The van der Waals surface area contributed by atoms with Gasteiger partial charge < -0.3 is 19.7 Å². The Morgan fingerprint density at radius 3 is 2.82 bits per heavy atom. The maximum atomic E-state index is 12.8. The Labute approximate surface area is 169 Å². The number of hydrogen-bond donors (Lipinski definition) is 1. The molecule has 2 aromatic carbocycles. The second-order valence-corrected chi connectivity index (χ2v) is 6.96. The lowest BCUT2D eigenvalue weighted by Crippen LogP contribution is -2.50. The van der Waals surface area contributed by atoms with Crippen LogP contribution >= 0.6 is 11.6 Å². The second kappa shape index (κ2) is 8.97. The lowest BCUT2D eigenvalue weighted by atomic mass is 10.1. The van der Waals surface area contributed by atoms with Crippen LogP contribution in [0.25, 0.3) is 0 Å². The molecular weight excluding hydrogens is 380 g/mol. The summed E-state index contributed by atoms with van der Waals surface area (Å²) in [6, 6.07) is 12.7. The van der Waals surface area contributed by atoms with Gasteiger partial charge in [-0.25, -0.2) is 0 Å². The summed E-state index contributed by atoms with van der Waals surface area (Å²) in [6.45, 7) is 2.52. The maximum Gasteiger partial charge on any atom is 0.262 e. The van der Waals surface area contributed by atoms with E-state index in [1.165, 1.54) is 0 Å². The third-order valence-corrected chi connectivity index (χ3v) is 4.97. The van der Waals surface area contributed by atoms with Crippen molar-refractivity contribution in [1.29, 1.82) is 0 Å². The number of likely N-dealkylation sites (N-methyl/N-ethyl adjacent to an activating group) is 1. The zero-order chi connectivity index (χ0) is 20.1. The van der Waals surface area contributed by atoms with E-state index in [4.69, 9.17) is 21.1 Å². The lowest BCUT2D eigenvalue weighted by Gasteiger charge is -2.34. The van der Waals surface area contributed by atoms with E-state index in [-0.39, 0.29) is 18.4 Å². The summed E-state index contributed by atoms with van der Waals surface area (Å²) in [5, 5.41) is 3.27. The first kappa shape index (κ1) is 20.0. The third kappa shape index (κ3) is 4.57. The molecule has 2 aromatic rings. The molecule has 1 N–H and O–H groups in total. The van der Waals surface area contributed by atoms with Crippen molar-refractivity contribution >= 4 is 29.1 Å². The van der Waals surface area contributed by atoms with Crippen LogP contribution in [0.1, 0.15) is 18.4 Å². The zero-order valence-electron chi connectivity index (χ0n) is 15.9. The summed E-state index contributed by atoms with van der Waals surface area (Å²) in [4.78, 5) is 26.4. The van der Waals surface area contributed by atoms with Crippen molar-refractivity contribution in [3.63, 3.8) is 0 Å². The molecule has 6 nitrogen and oxygen atoms in total. The summed E-state index contributed by atoms with van der Waals surface area (Å²) in [7, 11) is 1.55. The van der Waals surface area contributed by atoms with Crippen LogP contribution in [-0.4, -0.2) is 38.1 Å². The smallest absolute Gasteiger partial charge is 0.262 e. The minimum atomic E-state index is -0.725. The van der Waals surface area contributed by atoms with E-state index in [1.807, 2.05) is 37.3 Å². The molecule has 0 saturated heterocycles. The van der Waals surface area contributed by atoms with Gasteiger partial charge in [0, 0.05) is 18.5 Å². The Bertz CT molecular complexity index is 871. The molecule has 0 saturated carbocycles. The van der Waals surface area contributed by atoms with Gasteiger partial charge in [0.05, 0.1) is 18.8 Å². The topological polar surface area (TPSA) is 67.9 Å². The van der Waals surface area contributed by atoms with E-state index in [1.54, 1.807) is 24.1 Å². The highest BCUT2D eigenvalue weighted by Crippen LogP contribution is 2.33. The summed E-state index contributed by atoms with van der Waals surface area (Å²) in [6.07, 6.45) is 0.142. The number of amides is 2. The van der Waals surface area contributed by atoms with Crippen molar-refractivity contribution in [2.75, 3.05) is 25.1 Å². The van der Waals surface area contributed by atoms with E-state index < -0.39 is 6.10 Å². The van der Waals surface area contributed by atoms with E-state index >= 15 is 0 Å². The fraction of sp³-hybridized carbons (Fsp3) is 0.333. The molecule has 0 spiro atoms. The van der Waals surface area contributed by atoms with Crippen LogP contribution in [0.4, 0.5) is 5.69 Å². The molecule has 1 aliphatic rings. The molecule has 0 bridgehead atoms. The highest BCUT2D eigenvalue weighted by molar-refractivity contribution is 6.31. The maximum absolute atomic E-state index is 12.8. The summed E-state index contributed by atoms with van der Waals surface area (Å²) in [5.74, 6) is 0.934. The molecular formula is C21H23ClN2O4. The molecule has 0 radical (unpaired) electrons.